The molecule has 2 heterocycles. The summed E-state index contributed by atoms with van der Waals surface area (Å²) in [5.41, 5.74) is -1.40. The number of nitriles is 1. The maximum Gasteiger partial charge on any atom is 0.331 e. The van der Waals surface area contributed by atoms with E-state index in [9.17, 15) is 14.4 Å². The molecule has 1 aliphatic heterocycles. The second-order valence-electron chi connectivity index (χ2n) is 6.46. The van der Waals surface area contributed by atoms with Crippen molar-refractivity contribution in [2.75, 3.05) is 13.2 Å². The first-order valence-electron chi connectivity index (χ1n) is 8.72. The van der Waals surface area contributed by atoms with Crippen LogP contribution in [0, 0.1) is 11.3 Å². The molecule has 0 aromatic carbocycles. The molecule has 1 aromatic heterocycles. The lowest BCUT2D eigenvalue weighted by molar-refractivity contribution is -0.150. The zero-order chi connectivity index (χ0) is 18.0. The fourth-order valence-electron chi connectivity index (χ4n) is 3.73. The quantitative estimate of drug-likeness (QED) is 0.771. The molecule has 0 bridgehead atoms. The van der Waals surface area contributed by atoms with Crippen molar-refractivity contribution in [3.8, 4) is 6.07 Å². The van der Waals surface area contributed by atoms with Gasteiger partial charge in [-0.05, 0) is 19.8 Å². The minimum Gasteiger partial charge on any atom is -0.374 e. The van der Waals surface area contributed by atoms with Gasteiger partial charge in [-0.3, -0.25) is 14.2 Å². The Kier molecular flexibility index (Phi) is 5.04. The second-order valence-corrected chi connectivity index (χ2v) is 6.46. The van der Waals surface area contributed by atoms with Crippen LogP contribution in [-0.4, -0.2) is 45.2 Å². The van der Waals surface area contributed by atoms with E-state index >= 15 is 0 Å². The molecular weight excluding hydrogens is 324 g/mol. The van der Waals surface area contributed by atoms with Gasteiger partial charge in [-0.1, -0.05) is 12.8 Å². The number of hydrogen-bond acceptors (Lipinski definition) is 5. The molecule has 0 unspecified atom stereocenters. The van der Waals surface area contributed by atoms with Gasteiger partial charge in [0.1, 0.15) is 18.2 Å². The third kappa shape index (κ3) is 3.24. The maximum atomic E-state index is 12.8. The monoisotopic (exact) mass is 346 g/mol. The Morgan fingerprint density at radius 3 is 2.84 bits per heavy atom. The second kappa shape index (κ2) is 7.23. The van der Waals surface area contributed by atoms with Crippen LogP contribution < -0.4 is 11.2 Å². The molecule has 2 aliphatic rings. The average molecular weight is 346 g/mol. The predicted molar refractivity (Wildman–Crippen MR) is 89.1 cm³/mol. The van der Waals surface area contributed by atoms with Crippen molar-refractivity contribution in [3.63, 3.8) is 0 Å². The number of nitrogens with zero attached hydrogens (tertiary/aromatic N) is 4. The highest BCUT2D eigenvalue weighted by Crippen LogP contribution is 2.28. The molecule has 2 atom stereocenters. The van der Waals surface area contributed by atoms with Crippen LogP contribution in [0.1, 0.15) is 38.2 Å². The summed E-state index contributed by atoms with van der Waals surface area (Å²) in [5.74, 6) is -0.267. The molecule has 1 saturated carbocycles. The first kappa shape index (κ1) is 17.4. The third-order valence-corrected chi connectivity index (χ3v) is 5.04. The number of carbonyl (C=O) groups is 1. The fourth-order valence-corrected chi connectivity index (χ4v) is 3.73. The zero-order valence-electron chi connectivity index (χ0n) is 14.3. The Hall–Kier alpha value is -2.40. The number of rotatable bonds is 3. The number of fused-ring (bicyclic) bond motifs is 1. The van der Waals surface area contributed by atoms with Crippen LogP contribution in [-0.2, 0) is 22.6 Å². The Morgan fingerprint density at radius 1 is 1.36 bits per heavy atom. The number of ether oxygens (including phenoxy) is 1. The topological polar surface area (TPSA) is 97.3 Å². The normalized spacial score (nSPS) is 23.0. The first-order valence-corrected chi connectivity index (χ1v) is 8.72. The van der Waals surface area contributed by atoms with Crippen molar-refractivity contribution >= 4 is 5.91 Å². The Balaban J connectivity index is 1.89. The van der Waals surface area contributed by atoms with Crippen LogP contribution in [0.5, 0.6) is 0 Å². The van der Waals surface area contributed by atoms with E-state index < -0.39 is 11.2 Å². The van der Waals surface area contributed by atoms with Crippen molar-refractivity contribution in [2.24, 2.45) is 0 Å². The SMILES string of the molecule is CCn1cc(C#N)c(=O)n(CC(=O)N2CCO[C@H]3CCCC[C@H]32)c1=O. The van der Waals surface area contributed by atoms with Gasteiger partial charge in [-0.25, -0.2) is 9.36 Å². The molecule has 134 valence electrons. The zero-order valence-corrected chi connectivity index (χ0v) is 14.3. The van der Waals surface area contributed by atoms with Crippen LogP contribution in [0.25, 0.3) is 0 Å². The largest absolute Gasteiger partial charge is 0.374 e. The van der Waals surface area contributed by atoms with E-state index in [0.29, 0.717) is 19.7 Å². The molecule has 2 fully saturated rings. The van der Waals surface area contributed by atoms with Gasteiger partial charge in [0, 0.05) is 19.3 Å². The van der Waals surface area contributed by atoms with E-state index in [4.69, 9.17) is 10.00 Å². The summed E-state index contributed by atoms with van der Waals surface area (Å²) < 4.78 is 7.91. The number of aromatic nitrogens is 2. The summed E-state index contributed by atoms with van der Waals surface area (Å²) in [4.78, 5) is 39.3. The molecule has 0 radical (unpaired) electrons. The van der Waals surface area contributed by atoms with E-state index in [2.05, 4.69) is 0 Å². The summed E-state index contributed by atoms with van der Waals surface area (Å²) in [7, 11) is 0. The van der Waals surface area contributed by atoms with Crippen LogP contribution in [0.4, 0.5) is 0 Å². The van der Waals surface area contributed by atoms with Crippen LogP contribution in [0.2, 0.25) is 0 Å². The Bertz CT molecular complexity index is 817. The van der Waals surface area contributed by atoms with Crippen LogP contribution in [0.3, 0.4) is 0 Å². The standard InChI is InChI=1S/C17H22N4O4/c1-2-19-10-12(9-18)16(23)21(17(19)24)11-15(22)20-7-8-25-14-6-4-3-5-13(14)20/h10,13-14H,2-8,11H2,1H3/t13-,14+/m1/s1. The maximum absolute atomic E-state index is 12.8. The van der Waals surface area contributed by atoms with Gasteiger partial charge in [0.05, 0.1) is 18.8 Å². The molecule has 25 heavy (non-hydrogen) atoms. The van der Waals surface area contributed by atoms with Crippen molar-refractivity contribution in [1.82, 2.24) is 14.0 Å². The van der Waals surface area contributed by atoms with Gasteiger partial charge in [0.15, 0.2) is 0 Å². The van der Waals surface area contributed by atoms with Gasteiger partial charge in [0.2, 0.25) is 5.91 Å². The van der Waals surface area contributed by atoms with E-state index in [1.54, 1.807) is 17.9 Å². The van der Waals surface area contributed by atoms with Gasteiger partial charge in [-0.15, -0.1) is 0 Å². The van der Waals surface area contributed by atoms with Crippen LogP contribution in [0.15, 0.2) is 15.8 Å². The molecule has 8 nitrogen and oxygen atoms in total. The van der Waals surface area contributed by atoms with Crippen LogP contribution >= 0.6 is 0 Å². The number of hydrogen-bond donors (Lipinski definition) is 0. The lowest BCUT2D eigenvalue weighted by atomic mass is 9.90. The van der Waals surface area contributed by atoms with Crippen molar-refractivity contribution in [2.45, 2.75) is 57.8 Å². The third-order valence-electron chi connectivity index (χ3n) is 5.04. The van der Waals surface area contributed by atoms with Gasteiger partial charge in [-0.2, -0.15) is 5.26 Å². The smallest absolute Gasteiger partial charge is 0.331 e. The van der Waals surface area contributed by atoms with E-state index in [-0.39, 0.29) is 30.2 Å². The highest BCUT2D eigenvalue weighted by atomic mass is 16.5. The summed E-state index contributed by atoms with van der Waals surface area (Å²) in [5, 5.41) is 9.10. The van der Waals surface area contributed by atoms with Gasteiger partial charge in [0.25, 0.3) is 5.56 Å². The summed E-state index contributed by atoms with van der Waals surface area (Å²) in [6.45, 7) is 2.67. The molecule has 1 saturated heterocycles. The molecule has 1 aliphatic carbocycles. The molecule has 0 spiro atoms. The van der Waals surface area contributed by atoms with E-state index in [1.807, 2.05) is 0 Å². The molecule has 3 rings (SSSR count). The number of carbonyl (C=O) groups excluding carboxylic acids is 1. The van der Waals surface area contributed by atoms with E-state index in [1.165, 1.54) is 10.8 Å². The van der Waals surface area contributed by atoms with Gasteiger partial charge < -0.3 is 9.64 Å². The molecule has 1 aromatic rings. The lowest BCUT2D eigenvalue weighted by Crippen LogP contribution is -2.56. The minimum absolute atomic E-state index is 0.0123. The molecule has 0 N–H and O–H groups in total. The Labute approximate surface area is 145 Å². The molecule has 8 heteroatoms. The van der Waals surface area contributed by atoms with Crippen molar-refractivity contribution in [1.29, 1.82) is 5.26 Å². The Morgan fingerprint density at radius 2 is 2.12 bits per heavy atom. The number of aryl methyl sites for hydroxylation is 1. The highest BCUT2D eigenvalue weighted by Gasteiger charge is 2.36. The van der Waals surface area contributed by atoms with Crippen molar-refractivity contribution in [3.05, 3.63) is 32.6 Å². The summed E-state index contributed by atoms with van der Waals surface area (Å²) in [6.07, 6.45) is 5.23. The highest BCUT2D eigenvalue weighted by molar-refractivity contribution is 5.76. The van der Waals surface area contributed by atoms with Gasteiger partial charge >= 0.3 is 5.69 Å². The summed E-state index contributed by atoms with van der Waals surface area (Å²) in [6, 6.07) is 1.81. The average Bonchev–Trinajstić information content (AvgIpc) is 2.64. The lowest BCUT2D eigenvalue weighted by Gasteiger charge is -2.43. The summed E-state index contributed by atoms with van der Waals surface area (Å²) >= 11 is 0. The predicted octanol–water partition coefficient (Wildman–Crippen LogP) is 0.0716. The number of amides is 1. The molecular formula is C17H22N4O4. The molecule has 1 amide bonds. The minimum atomic E-state index is -0.709. The first-order chi connectivity index (χ1) is 12.1. The fraction of sp³-hybridized carbons (Fsp3) is 0.647. The van der Waals surface area contributed by atoms with E-state index in [0.717, 1.165) is 30.3 Å². The number of morpholine rings is 1. The van der Waals surface area contributed by atoms with Crippen molar-refractivity contribution < 1.29 is 9.53 Å².